The Balaban J connectivity index is 2.61. The largest absolute Gasteiger partial charge is 0.324 e. The van der Waals surface area contributed by atoms with E-state index < -0.39 is 0 Å². The Bertz CT molecular complexity index is 678. The zero-order valence-corrected chi connectivity index (χ0v) is 12.2. The molecule has 1 heterocycles. The van der Waals surface area contributed by atoms with Gasteiger partial charge < -0.3 is 10.3 Å². The summed E-state index contributed by atoms with van der Waals surface area (Å²) in [6.45, 7) is 1.79. The van der Waals surface area contributed by atoms with Crippen LogP contribution in [-0.2, 0) is 7.05 Å². The van der Waals surface area contributed by atoms with Crippen LogP contribution in [0.1, 0.15) is 18.5 Å². The van der Waals surface area contributed by atoms with E-state index in [-0.39, 0.29) is 11.6 Å². The van der Waals surface area contributed by atoms with Gasteiger partial charge in [0.25, 0.3) is 5.56 Å². The van der Waals surface area contributed by atoms with Crippen LogP contribution in [0.15, 0.2) is 35.1 Å². The van der Waals surface area contributed by atoms with Gasteiger partial charge in [-0.3, -0.25) is 4.79 Å². The highest BCUT2D eigenvalue weighted by atomic mass is 35.5. The number of pyridine rings is 1. The first-order valence-electron chi connectivity index (χ1n) is 5.82. The highest BCUT2D eigenvalue weighted by molar-refractivity contribution is 6.42. The normalized spacial score (nSPS) is 12.5. The zero-order valence-electron chi connectivity index (χ0n) is 10.7. The lowest BCUT2D eigenvalue weighted by Gasteiger charge is -2.12. The summed E-state index contributed by atoms with van der Waals surface area (Å²) in [6.07, 6.45) is 0. The molecule has 0 saturated heterocycles. The molecular formula is C14H14Cl2N2O. The average Bonchev–Trinajstić information content (AvgIpc) is 2.36. The Labute approximate surface area is 121 Å². The lowest BCUT2D eigenvalue weighted by molar-refractivity contribution is 0.760. The maximum atomic E-state index is 12.2. The van der Waals surface area contributed by atoms with E-state index in [0.717, 1.165) is 11.3 Å². The van der Waals surface area contributed by atoms with E-state index in [4.69, 9.17) is 28.9 Å². The van der Waals surface area contributed by atoms with Crippen LogP contribution in [-0.4, -0.2) is 4.57 Å². The standard InChI is InChI=1S/C14H14Cl2N2O/c1-8(17)10-4-6-13(18(2)14(10)19)9-3-5-11(15)12(16)7-9/h3-8H,17H2,1-2H3. The molecule has 0 radical (unpaired) electrons. The van der Waals surface area contributed by atoms with Gasteiger partial charge in [0, 0.05) is 18.7 Å². The first kappa shape index (κ1) is 14.1. The number of nitrogens with two attached hydrogens (primary N) is 1. The Morgan fingerprint density at radius 2 is 1.84 bits per heavy atom. The fraction of sp³-hybridized carbons (Fsp3) is 0.214. The van der Waals surface area contributed by atoms with Gasteiger partial charge in [-0.15, -0.1) is 0 Å². The van der Waals surface area contributed by atoms with Crippen molar-refractivity contribution in [1.82, 2.24) is 4.57 Å². The quantitative estimate of drug-likeness (QED) is 0.923. The van der Waals surface area contributed by atoms with Gasteiger partial charge in [-0.2, -0.15) is 0 Å². The number of nitrogens with zero attached hydrogens (tertiary/aromatic N) is 1. The van der Waals surface area contributed by atoms with Crippen molar-refractivity contribution in [2.75, 3.05) is 0 Å². The van der Waals surface area contributed by atoms with Crippen LogP contribution in [0.25, 0.3) is 11.3 Å². The monoisotopic (exact) mass is 296 g/mol. The average molecular weight is 297 g/mol. The number of rotatable bonds is 2. The van der Waals surface area contributed by atoms with Crippen LogP contribution in [0.4, 0.5) is 0 Å². The molecule has 2 aromatic rings. The lowest BCUT2D eigenvalue weighted by Crippen LogP contribution is -2.26. The summed E-state index contributed by atoms with van der Waals surface area (Å²) < 4.78 is 1.57. The van der Waals surface area contributed by atoms with E-state index in [1.807, 2.05) is 12.1 Å². The van der Waals surface area contributed by atoms with Crippen LogP contribution in [0.3, 0.4) is 0 Å². The SMILES string of the molecule is CC(N)c1ccc(-c2ccc(Cl)c(Cl)c2)n(C)c1=O. The predicted octanol–water partition coefficient (Wildman–Crippen LogP) is 3.38. The Hall–Kier alpha value is -1.29. The van der Waals surface area contributed by atoms with Crippen LogP contribution in [0.2, 0.25) is 10.0 Å². The molecule has 0 aliphatic rings. The summed E-state index contributed by atoms with van der Waals surface area (Å²) >= 11 is 11.9. The minimum absolute atomic E-state index is 0.0985. The van der Waals surface area contributed by atoms with Gasteiger partial charge in [0.2, 0.25) is 0 Å². The van der Waals surface area contributed by atoms with E-state index in [2.05, 4.69) is 0 Å². The summed E-state index contributed by atoms with van der Waals surface area (Å²) in [4.78, 5) is 12.2. The molecule has 0 amide bonds. The highest BCUT2D eigenvalue weighted by Crippen LogP contribution is 2.28. The lowest BCUT2D eigenvalue weighted by atomic mass is 10.1. The van der Waals surface area contributed by atoms with Crippen LogP contribution in [0, 0.1) is 0 Å². The van der Waals surface area contributed by atoms with E-state index in [9.17, 15) is 4.79 Å². The van der Waals surface area contributed by atoms with Crippen LogP contribution >= 0.6 is 23.2 Å². The molecule has 1 atom stereocenters. The molecule has 0 aliphatic carbocycles. The van der Waals surface area contributed by atoms with E-state index in [1.165, 1.54) is 0 Å². The molecule has 5 heteroatoms. The van der Waals surface area contributed by atoms with Crippen LogP contribution < -0.4 is 11.3 Å². The molecule has 100 valence electrons. The highest BCUT2D eigenvalue weighted by Gasteiger charge is 2.11. The van der Waals surface area contributed by atoms with Crippen molar-refractivity contribution in [2.45, 2.75) is 13.0 Å². The van der Waals surface area contributed by atoms with Gasteiger partial charge in [0.1, 0.15) is 0 Å². The van der Waals surface area contributed by atoms with Crippen molar-refractivity contribution in [1.29, 1.82) is 0 Å². The number of benzene rings is 1. The summed E-state index contributed by atoms with van der Waals surface area (Å²) in [5.74, 6) is 0. The van der Waals surface area contributed by atoms with E-state index in [0.29, 0.717) is 15.6 Å². The summed E-state index contributed by atoms with van der Waals surface area (Å²) in [5.41, 5.74) is 7.86. The van der Waals surface area contributed by atoms with Gasteiger partial charge >= 0.3 is 0 Å². The van der Waals surface area contributed by atoms with Gasteiger partial charge in [-0.25, -0.2) is 0 Å². The minimum atomic E-state index is -0.290. The number of hydrogen-bond acceptors (Lipinski definition) is 2. The second-order valence-electron chi connectivity index (χ2n) is 4.46. The van der Waals surface area contributed by atoms with Crippen molar-refractivity contribution in [3.63, 3.8) is 0 Å². The smallest absolute Gasteiger partial charge is 0.255 e. The Kier molecular flexibility index (Phi) is 3.99. The third-order valence-electron chi connectivity index (χ3n) is 3.04. The minimum Gasteiger partial charge on any atom is -0.324 e. The topological polar surface area (TPSA) is 48.0 Å². The van der Waals surface area contributed by atoms with Crippen molar-refractivity contribution < 1.29 is 0 Å². The molecule has 0 aliphatic heterocycles. The number of hydrogen-bond donors (Lipinski definition) is 1. The Morgan fingerprint density at radius 3 is 2.42 bits per heavy atom. The molecule has 2 N–H and O–H groups in total. The first-order valence-corrected chi connectivity index (χ1v) is 6.58. The molecular weight excluding hydrogens is 283 g/mol. The molecule has 0 saturated carbocycles. The van der Waals surface area contributed by atoms with Crippen LogP contribution in [0.5, 0.6) is 0 Å². The van der Waals surface area contributed by atoms with Gasteiger partial charge in [0.15, 0.2) is 0 Å². The second-order valence-corrected chi connectivity index (χ2v) is 5.27. The Morgan fingerprint density at radius 1 is 1.16 bits per heavy atom. The van der Waals surface area contributed by atoms with Crippen molar-refractivity contribution in [3.05, 3.63) is 56.3 Å². The molecule has 1 aromatic carbocycles. The summed E-state index contributed by atoms with van der Waals surface area (Å²) in [5, 5.41) is 0.950. The molecule has 3 nitrogen and oxygen atoms in total. The van der Waals surface area contributed by atoms with Crippen molar-refractivity contribution >= 4 is 23.2 Å². The van der Waals surface area contributed by atoms with Crippen molar-refractivity contribution in [3.8, 4) is 11.3 Å². The summed E-state index contributed by atoms with van der Waals surface area (Å²) in [7, 11) is 1.71. The number of halogens is 2. The van der Waals surface area contributed by atoms with Crippen molar-refractivity contribution in [2.24, 2.45) is 12.8 Å². The molecule has 2 rings (SSSR count). The van der Waals surface area contributed by atoms with Gasteiger partial charge in [0.05, 0.1) is 15.7 Å². The predicted molar refractivity (Wildman–Crippen MR) is 79.7 cm³/mol. The summed E-state index contributed by atoms with van der Waals surface area (Å²) in [6, 6.07) is 8.61. The second kappa shape index (κ2) is 5.37. The number of aromatic nitrogens is 1. The zero-order chi connectivity index (χ0) is 14.2. The molecule has 1 unspecified atom stereocenters. The fourth-order valence-electron chi connectivity index (χ4n) is 1.95. The molecule has 0 bridgehead atoms. The third kappa shape index (κ3) is 2.68. The molecule has 19 heavy (non-hydrogen) atoms. The fourth-order valence-corrected chi connectivity index (χ4v) is 2.24. The van der Waals surface area contributed by atoms with Gasteiger partial charge in [-0.05, 0) is 36.8 Å². The van der Waals surface area contributed by atoms with E-state index >= 15 is 0 Å². The molecule has 0 fully saturated rings. The molecule has 0 spiro atoms. The van der Waals surface area contributed by atoms with E-state index in [1.54, 1.807) is 36.7 Å². The van der Waals surface area contributed by atoms with Gasteiger partial charge in [-0.1, -0.05) is 29.3 Å². The molecule has 1 aromatic heterocycles. The third-order valence-corrected chi connectivity index (χ3v) is 3.78. The maximum absolute atomic E-state index is 12.2. The first-order chi connectivity index (χ1) is 8.91. The maximum Gasteiger partial charge on any atom is 0.255 e.